The number of esters is 1. The molecule has 1 atom stereocenters. The number of hydrogen-bond donors (Lipinski definition) is 0. The Morgan fingerprint density at radius 1 is 1.08 bits per heavy atom. The van der Waals surface area contributed by atoms with Crippen LogP contribution in [0, 0.1) is 0 Å². The van der Waals surface area contributed by atoms with E-state index >= 15 is 0 Å². The van der Waals surface area contributed by atoms with Crippen molar-refractivity contribution in [2.45, 2.75) is 13.0 Å². The number of ether oxygens (including phenoxy) is 1. The largest absolute Gasteiger partial charge is 0.466 e. The van der Waals surface area contributed by atoms with Crippen LogP contribution in [0.25, 0.3) is 23.0 Å². The van der Waals surface area contributed by atoms with Gasteiger partial charge in [-0.2, -0.15) is 5.10 Å². The molecule has 1 aliphatic heterocycles. The van der Waals surface area contributed by atoms with E-state index in [-0.39, 0.29) is 5.56 Å². The molecule has 1 aliphatic rings. The molecule has 194 valence electrons. The fourth-order valence-electron chi connectivity index (χ4n) is 4.59. The number of carbonyl (C=O) groups excluding carboxylic acids is 1. The zero-order chi connectivity index (χ0) is 27.1. The Hall–Kier alpha value is -3.86. The molecule has 0 amide bonds. The van der Waals surface area contributed by atoms with E-state index in [0.29, 0.717) is 20.6 Å². The molecule has 0 bridgehead atoms. The van der Waals surface area contributed by atoms with Crippen LogP contribution >= 0.6 is 38.6 Å². The average Bonchev–Trinajstić information content (AvgIpc) is 3.69. The normalized spacial score (nSPS) is 15.3. The van der Waals surface area contributed by atoms with Crippen LogP contribution in [0.1, 0.15) is 23.4 Å². The van der Waals surface area contributed by atoms with Crippen LogP contribution in [0.4, 0.5) is 0 Å². The molecule has 0 saturated heterocycles. The summed E-state index contributed by atoms with van der Waals surface area (Å²) in [4.78, 5) is 32.8. The van der Waals surface area contributed by atoms with E-state index in [1.54, 1.807) is 11.5 Å². The lowest BCUT2D eigenvalue weighted by Gasteiger charge is -2.22. The van der Waals surface area contributed by atoms with Crippen molar-refractivity contribution in [2.75, 3.05) is 7.11 Å². The predicted octanol–water partition coefficient (Wildman–Crippen LogP) is 5.08. The molecule has 10 heteroatoms. The number of thiophene rings is 1. The molecule has 0 aliphatic carbocycles. The van der Waals surface area contributed by atoms with Gasteiger partial charge < -0.3 is 4.74 Å². The number of halogens is 1. The lowest BCUT2D eigenvalue weighted by atomic mass is 10.0. The van der Waals surface area contributed by atoms with E-state index in [2.05, 4.69) is 20.9 Å². The van der Waals surface area contributed by atoms with Gasteiger partial charge in [0.15, 0.2) is 4.80 Å². The second-order valence-electron chi connectivity index (χ2n) is 8.81. The summed E-state index contributed by atoms with van der Waals surface area (Å²) in [6.07, 6.45) is 3.78. The molecule has 0 spiro atoms. The molecule has 7 nitrogen and oxygen atoms in total. The molecular weight excluding hydrogens is 596 g/mol. The van der Waals surface area contributed by atoms with Crippen molar-refractivity contribution in [1.29, 1.82) is 0 Å². The van der Waals surface area contributed by atoms with Gasteiger partial charge in [0.2, 0.25) is 0 Å². The van der Waals surface area contributed by atoms with Gasteiger partial charge in [-0.15, -0.1) is 11.3 Å². The highest BCUT2D eigenvalue weighted by atomic mass is 79.9. The SMILES string of the molecule is COC(=O)C1=C(C)N=c2sc(=Cc3cn(-c4ccccc4)nc3-c3ccc(Br)cc3)c(=O)n2C1c1cccs1. The molecule has 3 aromatic heterocycles. The summed E-state index contributed by atoms with van der Waals surface area (Å²) in [5.74, 6) is -0.495. The van der Waals surface area contributed by atoms with Crippen molar-refractivity contribution in [3.05, 3.63) is 124 Å². The van der Waals surface area contributed by atoms with E-state index in [1.165, 1.54) is 29.8 Å². The van der Waals surface area contributed by atoms with E-state index in [1.807, 2.05) is 89.1 Å². The summed E-state index contributed by atoms with van der Waals surface area (Å²) in [7, 11) is 1.34. The minimum atomic E-state index is -0.603. The first-order valence-electron chi connectivity index (χ1n) is 12.0. The molecule has 39 heavy (non-hydrogen) atoms. The Kier molecular flexibility index (Phi) is 6.76. The summed E-state index contributed by atoms with van der Waals surface area (Å²) < 4.78 is 9.96. The second kappa shape index (κ2) is 10.4. The quantitative estimate of drug-likeness (QED) is 0.258. The summed E-state index contributed by atoms with van der Waals surface area (Å²) >= 11 is 6.28. The minimum absolute atomic E-state index is 0.222. The second-order valence-corrected chi connectivity index (χ2v) is 11.7. The van der Waals surface area contributed by atoms with Crippen molar-refractivity contribution in [1.82, 2.24) is 14.3 Å². The zero-order valence-electron chi connectivity index (χ0n) is 20.9. The molecule has 6 rings (SSSR count). The molecule has 1 unspecified atom stereocenters. The standard InChI is InChI=1S/C29H21BrN4O3S2/c1-17-24(28(36)37-2)26(22-9-6-14-38-22)34-27(35)23(39-29(34)31-17)15-19-16-33(21-7-4-3-5-8-21)32-25(19)18-10-12-20(30)13-11-18/h3-16,26H,1-2H3. The first kappa shape index (κ1) is 25.4. The Balaban J connectivity index is 1.56. The van der Waals surface area contributed by atoms with Crippen LogP contribution in [-0.2, 0) is 9.53 Å². The van der Waals surface area contributed by atoms with Gasteiger partial charge >= 0.3 is 5.97 Å². The maximum atomic E-state index is 13.9. The monoisotopic (exact) mass is 616 g/mol. The third kappa shape index (κ3) is 4.64. The molecule has 0 N–H and O–H groups in total. The summed E-state index contributed by atoms with van der Waals surface area (Å²) in [5, 5.41) is 6.81. The number of carbonyl (C=O) groups is 1. The van der Waals surface area contributed by atoms with Crippen LogP contribution in [0.15, 0.2) is 104 Å². The summed E-state index contributed by atoms with van der Waals surface area (Å²) in [6.45, 7) is 1.78. The van der Waals surface area contributed by atoms with Gasteiger partial charge in [0.1, 0.15) is 6.04 Å². The number of fused-ring (bicyclic) bond motifs is 1. The Morgan fingerprint density at radius 2 is 1.85 bits per heavy atom. The Bertz CT molecular complexity index is 1900. The first-order chi connectivity index (χ1) is 18.9. The molecule has 0 fully saturated rings. The molecule has 0 radical (unpaired) electrons. The summed E-state index contributed by atoms with van der Waals surface area (Å²) in [5.41, 5.74) is 4.06. The third-order valence-electron chi connectivity index (χ3n) is 6.41. The average molecular weight is 618 g/mol. The maximum absolute atomic E-state index is 13.9. The number of hydrogen-bond acceptors (Lipinski definition) is 7. The lowest BCUT2D eigenvalue weighted by Crippen LogP contribution is -2.39. The highest BCUT2D eigenvalue weighted by Crippen LogP contribution is 2.33. The van der Waals surface area contributed by atoms with Gasteiger partial charge in [-0.05, 0) is 48.7 Å². The van der Waals surface area contributed by atoms with E-state index in [9.17, 15) is 9.59 Å². The van der Waals surface area contributed by atoms with Gasteiger partial charge in [0.25, 0.3) is 5.56 Å². The molecule has 2 aromatic carbocycles. The van der Waals surface area contributed by atoms with Gasteiger partial charge in [0.05, 0.1) is 34.3 Å². The highest BCUT2D eigenvalue weighted by molar-refractivity contribution is 9.10. The van der Waals surface area contributed by atoms with Crippen molar-refractivity contribution in [3.63, 3.8) is 0 Å². The van der Waals surface area contributed by atoms with Crippen LogP contribution in [0.5, 0.6) is 0 Å². The van der Waals surface area contributed by atoms with E-state index < -0.39 is 12.0 Å². The smallest absolute Gasteiger partial charge is 0.338 e. The number of allylic oxidation sites excluding steroid dienone is 1. The number of methoxy groups -OCH3 is 1. The lowest BCUT2D eigenvalue weighted by molar-refractivity contribution is -0.136. The van der Waals surface area contributed by atoms with Crippen molar-refractivity contribution >= 4 is 50.6 Å². The van der Waals surface area contributed by atoms with E-state index in [4.69, 9.17) is 9.84 Å². The van der Waals surface area contributed by atoms with E-state index in [0.717, 1.165) is 31.9 Å². The van der Waals surface area contributed by atoms with Crippen LogP contribution in [0.2, 0.25) is 0 Å². The number of thiazole rings is 1. The maximum Gasteiger partial charge on any atom is 0.338 e. The Labute approximate surface area is 239 Å². The van der Waals surface area contributed by atoms with Crippen LogP contribution in [-0.4, -0.2) is 27.4 Å². The Morgan fingerprint density at radius 3 is 2.54 bits per heavy atom. The number of para-hydroxylation sites is 1. The van der Waals surface area contributed by atoms with Gasteiger partial charge in [0, 0.05) is 26.7 Å². The topological polar surface area (TPSA) is 78.5 Å². The van der Waals surface area contributed by atoms with Crippen LogP contribution < -0.4 is 14.9 Å². The van der Waals surface area contributed by atoms with Gasteiger partial charge in [-0.25, -0.2) is 14.5 Å². The van der Waals surface area contributed by atoms with Crippen LogP contribution in [0.3, 0.4) is 0 Å². The molecule has 5 aromatic rings. The first-order valence-corrected chi connectivity index (χ1v) is 14.5. The predicted molar refractivity (Wildman–Crippen MR) is 157 cm³/mol. The van der Waals surface area contributed by atoms with Crippen molar-refractivity contribution < 1.29 is 9.53 Å². The molecule has 0 saturated carbocycles. The number of benzene rings is 2. The number of nitrogens with zero attached hydrogens (tertiary/aromatic N) is 4. The summed E-state index contributed by atoms with van der Waals surface area (Å²) in [6, 6.07) is 21.0. The third-order valence-corrected chi connectivity index (χ3v) is 8.84. The highest BCUT2D eigenvalue weighted by Gasteiger charge is 2.33. The van der Waals surface area contributed by atoms with Crippen molar-refractivity contribution in [2.24, 2.45) is 4.99 Å². The number of rotatable bonds is 5. The molecule has 4 heterocycles. The zero-order valence-corrected chi connectivity index (χ0v) is 24.1. The molecular formula is C29H21BrN4O3S2. The minimum Gasteiger partial charge on any atom is -0.466 e. The number of aromatic nitrogens is 3. The fraction of sp³-hybridized carbons (Fsp3) is 0.103. The van der Waals surface area contributed by atoms with Crippen molar-refractivity contribution in [3.8, 4) is 16.9 Å². The van der Waals surface area contributed by atoms with Gasteiger partial charge in [-0.1, -0.05) is 63.7 Å². The fourth-order valence-corrected chi connectivity index (χ4v) is 6.71. The van der Waals surface area contributed by atoms with Gasteiger partial charge in [-0.3, -0.25) is 9.36 Å².